The first kappa shape index (κ1) is 19.2. The second-order valence-electron chi connectivity index (χ2n) is 7.01. The van der Waals surface area contributed by atoms with Crippen molar-refractivity contribution >= 4 is 5.91 Å². The number of benzene rings is 2. The van der Waals surface area contributed by atoms with Crippen LogP contribution in [-0.4, -0.2) is 37.6 Å². The van der Waals surface area contributed by atoms with E-state index in [1.54, 1.807) is 14.2 Å². The summed E-state index contributed by atoms with van der Waals surface area (Å²) in [6.07, 6.45) is 0.890. The van der Waals surface area contributed by atoms with Gasteiger partial charge in [-0.05, 0) is 49.1 Å². The van der Waals surface area contributed by atoms with Crippen LogP contribution in [0.2, 0.25) is 0 Å². The highest BCUT2D eigenvalue weighted by Crippen LogP contribution is 2.33. The van der Waals surface area contributed by atoms with E-state index in [9.17, 15) is 4.79 Å². The maximum atomic E-state index is 12.8. The molecular formula is C22H28N2O3. The van der Waals surface area contributed by atoms with Gasteiger partial charge in [0.05, 0.1) is 26.3 Å². The third kappa shape index (κ3) is 4.25. The molecule has 2 atom stereocenters. The highest BCUT2D eigenvalue weighted by atomic mass is 16.5. The fraction of sp³-hybridized carbons (Fsp3) is 0.409. The van der Waals surface area contributed by atoms with E-state index >= 15 is 0 Å². The molecule has 5 nitrogen and oxygen atoms in total. The van der Waals surface area contributed by atoms with Gasteiger partial charge in [-0.2, -0.15) is 0 Å². The quantitative estimate of drug-likeness (QED) is 0.850. The van der Waals surface area contributed by atoms with E-state index in [1.165, 1.54) is 11.1 Å². The molecule has 2 aromatic carbocycles. The zero-order valence-corrected chi connectivity index (χ0v) is 16.5. The van der Waals surface area contributed by atoms with E-state index in [-0.39, 0.29) is 18.0 Å². The Morgan fingerprint density at radius 3 is 2.30 bits per heavy atom. The first-order chi connectivity index (χ1) is 13.0. The van der Waals surface area contributed by atoms with Crippen molar-refractivity contribution in [3.8, 4) is 11.5 Å². The van der Waals surface area contributed by atoms with Gasteiger partial charge in [0.15, 0.2) is 11.5 Å². The van der Waals surface area contributed by atoms with Crippen LogP contribution in [0.5, 0.6) is 11.5 Å². The Balaban J connectivity index is 1.68. The molecule has 0 saturated heterocycles. The lowest BCUT2D eigenvalue weighted by atomic mass is 9.97. The molecule has 0 spiro atoms. The average molecular weight is 368 g/mol. The number of nitrogens with one attached hydrogen (secondary N) is 1. The van der Waals surface area contributed by atoms with Crippen LogP contribution >= 0.6 is 0 Å². The highest BCUT2D eigenvalue weighted by molar-refractivity contribution is 5.81. The maximum absolute atomic E-state index is 12.8. The Bertz CT molecular complexity index is 792. The highest BCUT2D eigenvalue weighted by Gasteiger charge is 2.27. The molecule has 2 aromatic rings. The maximum Gasteiger partial charge on any atom is 0.237 e. The molecule has 1 amide bonds. The van der Waals surface area contributed by atoms with Crippen LogP contribution in [0, 0.1) is 0 Å². The lowest BCUT2D eigenvalue weighted by Crippen LogP contribution is -2.47. The van der Waals surface area contributed by atoms with Crippen molar-refractivity contribution in [1.82, 2.24) is 10.2 Å². The van der Waals surface area contributed by atoms with Crippen molar-refractivity contribution in [3.05, 3.63) is 59.2 Å². The predicted octanol–water partition coefficient (Wildman–Crippen LogP) is 3.33. The van der Waals surface area contributed by atoms with Gasteiger partial charge in [0, 0.05) is 13.1 Å². The molecule has 0 bridgehead atoms. The van der Waals surface area contributed by atoms with Gasteiger partial charge >= 0.3 is 0 Å². The number of hydrogen-bond donors (Lipinski definition) is 1. The van der Waals surface area contributed by atoms with E-state index in [0.717, 1.165) is 36.6 Å². The minimum Gasteiger partial charge on any atom is -0.493 e. The van der Waals surface area contributed by atoms with Crippen molar-refractivity contribution in [2.45, 2.75) is 38.9 Å². The van der Waals surface area contributed by atoms with Gasteiger partial charge in [0.2, 0.25) is 5.91 Å². The van der Waals surface area contributed by atoms with Crippen molar-refractivity contribution in [3.63, 3.8) is 0 Å². The molecule has 0 saturated carbocycles. The number of rotatable bonds is 6. The van der Waals surface area contributed by atoms with E-state index < -0.39 is 0 Å². The van der Waals surface area contributed by atoms with E-state index in [0.29, 0.717) is 0 Å². The fourth-order valence-electron chi connectivity index (χ4n) is 3.56. The summed E-state index contributed by atoms with van der Waals surface area (Å²) in [5.41, 5.74) is 3.56. The topological polar surface area (TPSA) is 50.8 Å². The number of nitrogens with zero attached hydrogens (tertiary/aromatic N) is 1. The molecule has 0 aromatic heterocycles. The summed E-state index contributed by atoms with van der Waals surface area (Å²) < 4.78 is 10.8. The smallest absolute Gasteiger partial charge is 0.237 e. The summed E-state index contributed by atoms with van der Waals surface area (Å²) in [7, 11) is 3.30. The minimum atomic E-state index is -0.197. The van der Waals surface area contributed by atoms with Crippen molar-refractivity contribution < 1.29 is 14.3 Å². The Morgan fingerprint density at radius 1 is 1.04 bits per heavy atom. The third-order valence-electron chi connectivity index (χ3n) is 5.33. The summed E-state index contributed by atoms with van der Waals surface area (Å²) in [5.74, 6) is 1.54. The lowest BCUT2D eigenvalue weighted by Gasteiger charge is -2.34. The second kappa shape index (κ2) is 8.44. The molecule has 1 heterocycles. The van der Waals surface area contributed by atoms with Crippen LogP contribution in [0.4, 0.5) is 0 Å². The van der Waals surface area contributed by atoms with Gasteiger partial charge in [-0.15, -0.1) is 0 Å². The van der Waals surface area contributed by atoms with E-state index in [2.05, 4.69) is 10.2 Å². The Morgan fingerprint density at radius 2 is 1.67 bits per heavy atom. The zero-order valence-electron chi connectivity index (χ0n) is 16.5. The first-order valence-corrected chi connectivity index (χ1v) is 9.36. The monoisotopic (exact) mass is 368 g/mol. The van der Waals surface area contributed by atoms with Gasteiger partial charge in [-0.3, -0.25) is 9.69 Å². The SMILES string of the molecule is COc1cc2c(cc1OC)CN(C(C)C(=O)NC(C)c1ccccc1)CC2. The lowest BCUT2D eigenvalue weighted by molar-refractivity contribution is -0.126. The molecule has 0 fully saturated rings. The molecule has 5 heteroatoms. The molecule has 1 N–H and O–H groups in total. The fourth-order valence-corrected chi connectivity index (χ4v) is 3.56. The zero-order chi connectivity index (χ0) is 19.4. The van der Waals surface area contributed by atoms with Gasteiger partial charge in [-0.1, -0.05) is 30.3 Å². The van der Waals surface area contributed by atoms with E-state index in [4.69, 9.17) is 9.47 Å². The largest absolute Gasteiger partial charge is 0.493 e. The molecule has 3 rings (SSSR count). The number of hydrogen-bond acceptors (Lipinski definition) is 4. The number of amides is 1. The van der Waals surface area contributed by atoms with E-state index in [1.807, 2.05) is 56.3 Å². The first-order valence-electron chi connectivity index (χ1n) is 9.36. The standard InChI is InChI=1S/C22H28N2O3/c1-15(17-8-6-5-7-9-17)23-22(25)16(2)24-11-10-18-12-20(26-3)21(27-4)13-19(18)14-24/h5-9,12-13,15-16H,10-11,14H2,1-4H3,(H,23,25). The molecule has 27 heavy (non-hydrogen) atoms. The van der Waals surface area contributed by atoms with Crippen LogP contribution in [-0.2, 0) is 17.8 Å². The van der Waals surface area contributed by atoms with Crippen LogP contribution in [0.15, 0.2) is 42.5 Å². The summed E-state index contributed by atoms with van der Waals surface area (Å²) in [6, 6.07) is 13.9. The molecule has 1 aliphatic rings. The number of carbonyl (C=O) groups is 1. The van der Waals surface area contributed by atoms with Gasteiger partial charge in [-0.25, -0.2) is 0 Å². The van der Waals surface area contributed by atoms with Crippen LogP contribution in [0.25, 0.3) is 0 Å². The Labute approximate surface area is 161 Å². The second-order valence-corrected chi connectivity index (χ2v) is 7.01. The molecule has 0 aliphatic carbocycles. The summed E-state index contributed by atoms with van der Waals surface area (Å²) in [6.45, 7) is 5.56. The van der Waals surface area contributed by atoms with Crippen molar-refractivity contribution in [1.29, 1.82) is 0 Å². The number of carbonyl (C=O) groups excluding carboxylic acids is 1. The molecule has 2 unspecified atom stereocenters. The van der Waals surface area contributed by atoms with Crippen LogP contribution < -0.4 is 14.8 Å². The summed E-state index contributed by atoms with van der Waals surface area (Å²) in [5, 5.41) is 3.13. The Kier molecular flexibility index (Phi) is 6.01. The summed E-state index contributed by atoms with van der Waals surface area (Å²) >= 11 is 0. The van der Waals surface area contributed by atoms with Crippen LogP contribution in [0.3, 0.4) is 0 Å². The normalized spacial score (nSPS) is 16.1. The molecule has 0 radical (unpaired) electrons. The number of ether oxygens (including phenoxy) is 2. The summed E-state index contributed by atoms with van der Waals surface area (Å²) in [4.78, 5) is 15.0. The predicted molar refractivity (Wildman–Crippen MR) is 106 cm³/mol. The molecule has 1 aliphatic heterocycles. The number of fused-ring (bicyclic) bond motifs is 1. The number of methoxy groups -OCH3 is 2. The van der Waals surface area contributed by atoms with Crippen molar-refractivity contribution in [2.24, 2.45) is 0 Å². The Hall–Kier alpha value is -2.53. The van der Waals surface area contributed by atoms with Gasteiger partial charge in [0.25, 0.3) is 0 Å². The third-order valence-corrected chi connectivity index (χ3v) is 5.33. The van der Waals surface area contributed by atoms with Crippen LogP contribution in [0.1, 0.15) is 36.6 Å². The van der Waals surface area contributed by atoms with Gasteiger partial charge in [0.1, 0.15) is 0 Å². The minimum absolute atomic E-state index is 0.0115. The van der Waals surface area contributed by atoms with Gasteiger partial charge < -0.3 is 14.8 Å². The van der Waals surface area contributed by atoms with Crippen molar-refractivity contribution in [2.75, 3.05) is 20.8 Å². The molecule has 144 valence electrons. The average Bonchev–Trinajstić information content (AvgIpc) is 2.72. The molecular weight excluding hydrogens is 340 g/mol.